The number of carbonyl (C=O) groups excluding carboxylic acids is 2. The first-order valence-corrected chi connectivity index (χ1v) is 13.1. The van der Waals surface area contributed by atoms with Crippen molar-refractivity contribution < 1.29 is 23.8 Å². The molecule has 2 atom stereocenters. The normalized spacial score (nSPS) is 17.6. The Labute approximate surface area is 201 Å². The van der Waals surface area contributed by atoms with Gasteiger partial charge >= 0.3 is 0 Å². The molecule has 3 rings (SSSR count). The van der Waals surface area contributed by atoms with Crippen molar-refractivity contribution in [2.24, 2.45) is 0 Å². The van der Waals surface area contributed by atoms with Crippen LogP contribution in [-0.4, -0.2) is 48.1 Å². The molecule has 2 heterocycles. The summed E-state index contributed by atoms with van der Waals surface area (Å²) in [6, 6.07) is 7.24. The maximum Gasteiger partial charge on any atom is 0.242 e. The minimum Gasteiger partial charge on any atom is -0.350 e. The molecule has 0 spiro atoms. The third-order valence-electron chi connectivity index (χ3n) is 5.78. The molecular weight excluding hydrogens is 459 g/mol. The molecule has 8 nitrogen and oxygen atoms in total. The van der Waals surface area contributed by atoms with Crippen molar-refractivity contribution in [3.63, 3.8) is 0 Å². The van der Waals surface area contributed by atoms with E-state index in [-0.39, 0.29) is 26.2 Å². The third-order valence-corrected chi connectivity index (χ3v) is 7.63. The van der Waals surface area contributed by atoms with Gasteiger partial charge in [0.05, 0.1) is 5.75 Å². The van der Waals surface area contributed by atoms with E-state index in [4.69, 9.17) is 0 Å². The number of nitrogens with zero attached hydrogens (tertiary/aromatic N) is 2. The van der Waals surface area contributed by atoms with Gasteiger partial charge in [-0.05, 0) is 48.6 Å². The summed E-state index contributed by atoms with van der Waals surface area (Å²) < 4.78 is 40.7. The summed E-state index contributed by atoms with van der Waals surface area (Å²) in [5.41, 5.74) is 1.28. The molecule has 186 valence electrons. The molecule has 0 aliphatic carbocycles. The van der Waals surface area contributed by atoms with Gasteiger partial charge in [-0.3, -0.25) is 14.6 Å². The Morgan fingerprint density at radius 3 is 2.65 bits per heavy atom. The van der Waals surface area contributed by atoms with Crippen molar-refractivity contribution in [1.29, 1.82) is 0 Å². The molecule has 1 aliphatic heterocycles. The van der Waals surface area contributed by atoms with Crippen LogP contribution in [0.2, 0.25) is 0 Å². The van der Waals surface area contributed by atoms with E-state index >= 15 is 0 Å². The first-order chi connectivity index (χ1) is 16.3. The lowest BCUT2D eigenvalue weighted by Crippen LogP contribution is -2.56. The Bertz CT molecular complexity index is 1070. The van der Waals surface area contributed by atoms with Crippen LogP contribution in [0.4, 0.5) is 4.39 Å². The number of aromatic nitrogens is 1. The van der Waals surface area contributed by atoms with Gasteiger partial charge in [0.15, 0.2) is 0 Å². The second-order valence-corrected chi connectivity index (χ2v) is 10.4. The fourth-order valence-corrected chi connectivity index (χ4v) is 5.79. The molecule has 10 heteroatoms. The highest BCUT2D eigenvalue weighted by atomic mass is 32.2. The summed E-state index contributed by atoms with van der Waals surface area (Å²) in [4.78, 5) is 29.9. The highest BCUT2D eigenvalue weighted by Gasteiger charge is 2.37. The average molecular weight is 493 g/mol. The van der Waals surface area contributed by atoms with Gasteiger partial charge < -0.3 is 10.6 Å². The van der Waals surface area contributed by atoms with Crippen LogP contribution in [0.15, 0.2) is 48.8 Å². The number of nitrogens with one attached hydrogen (secondary N) is 2. The maximum atomic E-state index is 13.2. The van der Waals surface area contributed by atoms with Crippen LogP contribution in [0.25, 0.3) is 0 Å². The molecule has 1 fully saturated rings. The lowest BCUT2D eigenvalue weighted by molar-refractivity contribution is -0.131. The minimum absolute atomic E-state index is 0. The van der Waals surface area contributed by atoms with Crippen molar-refractivity contribution in [3.8, 4) is 0 Å². The fraction of sp³-hybridized carbons (Fsp3) is 0.458. The average Bonchev–Trinajstić information content (AvgIpc) is 2.84. The van der Waals surface area contributed by atoms with Gasteiger partial charge in [0, 0.05) is 26.9 Å². The zero-order valence-corrected chi connectivity index (χ0v) is 20.1. The zero-order valence-electron chi connectivity index (χ0n) is 19.2. The van der Waals surface area contributed by atoms with Crippen LogP contribution in [0.3, 0.4) is 0 Å². The molecule has 0 saturated carbocycles. The zero-order chi connectivity index (χ0) is 24.6. The van der Waals surface area contributed by atoms with Crippen molar-refractivity contribution in [2.75, 3.05) is 6.54 Å². The summed E-state index contributed by atoms with van der Waals surface area (Å²) in [5, 5.41) is 5.59. The standard InChI is InChI=1S/C24H31FN4O4S.H2/c1-2-6-21(23(30)27-16-19-7-5-13-26-15-19)28-24(31)22-8-3-4-14-29(22)34(32,33)17-18-9-11-20(25)12-10-18;/h5,7,9-13,15,21-22H,2-4,6,8,14,16-17H2,1H3,(H,27,30)(H,28,31);1H. The number of carbonyl (C=O) groups is 2. The molecule has 1 aromatic carbocycles. The molecule has 0 radical (unpaired) electrons. The lowest BCUT2D eigenvalue weighted by atomic mass is 10.0. The van der Waals surface area contributed by atoms with Crippen molar-refractivity contribution in [1.82, 2.24) is 19.9 Å². The van der Waals surface area contributed by atoms with E-state index in [0.717, 1.165) is 5.56 Å². The van der Waals surface area contributed by atoms with Crippen molar-refractivity contribution in [2.45, 2.75) is 63.4 Å². The van der Waals surface area contributed by atoms with Crippen LogP contribution in [-0.2, 0) is 31.9 Å². The van der Waals surface area contributed by atoms with E-state index in [0.29, 0.717) is 37.7 Å². The molecule has 1 saturated heterocycles. The van der Waals surface area contributed by atoms with Gasteiger partial charge in [0.2, 0.25) is 21.8 Å². The molecular formula is C24H33FN4O4S. The summed E-state index contributed by atoms with van der Waals surface area (Å²) in [7, 11) is -3.82. The predicted molar refractivity (Wildman–Crippen MR) is 128 cm³/mol. The maximum absolute atomic E-state index is 13.2. The number of hydrogen-bond donors (Lipinski definition) is 2. The minimum atomic E-state index is -3.82. The summed E-state index contributed by atoms with van der Waals surface area (Å²) in [6.07, 6.45) is 6.14. The summed E-state index contributed by atoms with van der Waals surface area (Å²) in [5.74, 6) is -1.56. The number of amides is 2. The second-order valence-electron chi connectivity index (χ2n) is 8.43. The summed E-state index contributed by atoms with van der Waals surface area (Å²) in [6.45, 7) is 2.42. The number of pyridine rings is 1. The Morgan fingerprint density at radius 2 is 1.97 bits per heavy atom. The predicted octanol–water partition coefficient (Wildman–Crippen LogP) is 2.75. The molecule has 0 bridgehead atoms. The van der Waals surface area contributed by atoms with Gasteiger partial charge in [-0.1, -0.05) is 38.0 Å². The van der Waals surface area contributed by atoms with Gasteiger partial charge in [-0.15, -0.1) is 0 Å². The number of hydrogen-bond acceptors (Lipinski definition) is 5. The molecule has 2 aromatic rings. The molecule has 1 aliphatic rings. The second kappa shape index (κ2) is 12.0. The number of sulfonamides is 1. The molecule has 2 N–H and O–H groups in total. The monoisotopic (exact) mass is 492 g/mol. The number of rotatable bonds is 10. The SMILES string of the molecule is CCCC(NC(=O)C1CCCCN1S(=O)(=O)Cc1ccc(F)cc1)C(=O)NCc1cccnc1.[HH]. The largest absolute Gasteiger partial charge is 0.350 e. The molecule has 34 heavy (non-hydrogen) atoms. The Hall–Kier alpha value is -2.85. The van der Waals surface area contributed by atoms with E-state index < -0.39 is 33.8 Å². The lowest BCUT2D eigenvalue weighted by Gasteiger charge is -2.34. The molecule has 1 aromatic heterocycles. The van der Waals surface area contributed by atoms with E-state index in [1.54, 1.807) is 18.5 Å². The van der Waals surface area contributed by atoms with E-state index in [1.807, 2.05) is 13.0 Å². The summed E-state index contributed by atoms with van der Waals surface area (Å²) >= 11 is 0. The highest BCUT2D eigenvalue weighted by Crippen LogP contribution is 2.23. The Kier molecular flexibility index (Phi) is 9.12. The highest BCUT2D eigenvalue weighted by molar-refractivity contribution is 7.88. The third kappa shape index (κ3) is 7.07. The van der Waals surface area contributed by atoms with Crippen molar-refractivity contribution in [3.05, 3.63) is 65.7 Å². The smallest absolute Gasteiger partial charge is 0.242 e. The number of piperidine rings is 1. The van der Waals surface area contributed by atoms with E-state index in [9.17, 15) is 22.4 Å². The van der Waals surface area contributed by atoms with Crippen molar-refractivity contribution >= 4 is 21.8 Å². The Balaban J connectivity index is 0.00000432. The van der Waals surface area contributed by atoms with Crippen LogP contribution >= 0.6 is 0 Å². The van der Waals surface area contributed by atoms with Gasteiger partial charge in [0.1, 0.15) is 17.9 Å². The van der Waals surface area contributed by atoms with Crippen LogP contribution < -0.4 is 10.6 Å². The van der Waals surface area contributed by atoms with Crippen LogP contribution in [0, 0.1) is 5.82 Å². The Morgan fingerprint density at radius 1 is 1.21 bits per heavy atom. The first-order valence-electron chi connectivity index (χ1n) is 11.5. The molecule has 2 amide bonds. The van der Waals surface area contributed by atoms with Gasteiger partial charge in [-0.2, -0.15) is 4.31 Å². The topological polar surface area (TPSA) is 108 Å². The number of halogens is 1. The molecule has 2 unspecified atom stereocenters. The van der Waals surface area contributed by atoms with E-state index in [1.165, 1.54) is 28.6 Å². The fourth-order valence-electron chi connectivity index (χ4n) is 4.01. The number of benzene rings is 1. The van der Waals surface area contributed by atoms with Crippen LogP contribution in [0.5, 0.6) is 0 Å². The van der Waals surface area contributed by atoms with Crippen LogP contribution in [0.1, 0.15) is 51.6 Å². The first kappa shape index (κ1) is 25.8. The van der Waals surface area contributed by atoms with Gasteiger partial charge in [-0.25, -0.2) is 12.8 Å². The van der Waals surface area contributed by atoms with E-state index in [2.05, 4.69) is 15.6 Å². The van der Waals surface area contributed by atoms with Gasteiger partial charge in [0.25, 0.3) is 0 Å². The quantitative estimate of drug-likeness (QED) is 0.530.